The van der Waals surface area contributed by atoms with Crippen LogP contribution < -0.4 is 10.9 Å². The quantitative estimate of drug-likeness (QED) is 0.645. The molecule has 3 aromatic rings. The van der Waals surface area contributed by atoms with Gasteiger partial charge < -0.3 is 9.40 Å². The number of fused-ring (bicyclic) bond motifs is 1. The first-order chi connectivity index (χ1) is 11.5. The summed E-state index contributed by atoms with van der Waals surface area (Å²) < 4.78 is 5.30. The SMILES string of the molecule is Cc1cc(C(=O)NNC(=O)CCc2c[nH]c3ccccc23)c(C)o1. The van der Waals surface area contributed by atoms with E-state index in [0.29, 0.717) is 23.5 Å². The van der Waals surface area contributed by atoms with Gasteiger partial charge >= 0.3 is 0 Å². The summed E-state index contributed by atoms with van der Waals surface area (Å²) in [6.45, 7) is 3.48. The normalized spacial score (nSPS) is 10.8. The number of carbonyl (C=O) groups excluding carboxylic acids is 2. The Balaban J connectivity index is 1.53. The second-order valence-corrected chi connectivity index (χ2v) is 5.69. The molecule has 0 aliphatic carbocycles. The molecule has 2 amide bonds. The van der Waals surface area contributed by atoms with E-state index < -0.39 is 0 Å². The molecule has 3 N–H and O–H groups in total. The largest absolute Gasteiger partial charge is 0.466 e. The number of H-pyrrole nitrogens is 1. The third-order valence-corrected chi connectivity index (χ3v) is 3.90. The van der Waals surface area contributed by atoms with Gasteiger partial charge in [0, 0.05) is 23.5 Å². The Kier molecular flexibility index (Phi) is 4.37. The zero-order valence-corrected chi connectivity index (χ0v) is 13.6. The second-order valence-electron chi connectivity index (χ2n) is 5.69. The molecule has 0 spiro atoms. The molecule has 0 saturated carbocycles. The fourth-order valence-corrected chi connectivity index (χ4v) is 2.70. The van der Waals surface area contributed by atoms with Crippen LogP contribution in [0.3, 0.4) is 0 Å². The van der Waals surface area contributed by atoms with E-state index >= 15 is 0 Å². The van der Waals surface area contributed by atoms with Gasteiger partial charge in [0.15, 0.2) is 0 Å². The molecule has 0 unspecified atom stereocenters. The van der Waals surface area contributed by atoms with Crippen LogP contribution in [0.2, 0.25) is 0 Å². The highest BCUT2D eigenvalue weighted by Crippen LogP contribution is 2.18. The molecule has 2 aromatic heterocycles. The first-order valence-corrected chi connectivity index (χ1v) is 7.76. The molecule has 24 heavy (non-hydrogen) atoms. The highest BCUT2D eigenvalue weighted by Gasteiger charge is 2.14. The maximum absolute atomic E-state index is 12.0. The van der Waals surface area contributed by atoms with Gasteiger partial charge in [0.05, 0.1) is 5.56 Å². The van der Waals surface area contributed by atoms with E-state index in [4.69, 9.17) is 4.42 Å². The van der Waals surface area contributed by atoms with Crippen molar-refractivity contribution in [1.29, 1.82) is 0 Å². The lowest BCUT2D eigenvalue weighted by Gasteiger charge is -2.06. The van der Waals surface area contributed by atoms with E-state index in [1.807, 2.05) is 30.5 Å². The third-order valence-electron chi connectivity index (χ3n) is 3.90. The zero-order chi connectivity index (χ0) is 17.1. The second kappa shape index (κ2) is 6.62. The number of aromatic amines is 1. The summed E-state index contributed by atoms with van der Waals surface area (Å²) in [6, 6.07) is 9.58. The number of hydrazine groups is 1. The standard InChI is InChI=1S/C18H19N3O3/c1-11-9-15(12(2)24-11)18(23)21-20-17(22)8-7-13-10-19-16-6-4-3-5-14(13)16/h3-6,9-10,19H,7-8H2,1-2H3,(H,20,22)(H,21,23). The van der Waals surface area contributed by atoms with Crippen molar-refractivity contribution in [2.24, 2.45) is 0 Å². The summed E-state index contributed by atoms with van der Waals surface area (Å²) >= 11 is 0. The van der Waals surface area contributed by atoms with Crippen molar-refractivity contribution in [2.75, 3.05) is 0 Å². The van der Waals surface area contributed by atoms with Crippen LogP contribution >= 0.6 is 0 Å². The van der Waals surface area contributed by atoms with Gasteiger partial charge in [0.1, 0.15) is 11.5 Å². The highest BCUT2D eigenvalue weighted by atomic mass is 16.3. The Labute approximate surface area is 139 Å². The van der Waals surface area contributed by atoms with E-state index in [2.05, 4.69) is 15.8 Å². The maximum atomic E-state index is 12.0. The van der Waals surface area contributed by atoms with Crippen LogP contribution in [0.4, 0.5) is 0 Å². The minimum atomic E-state index is -0.384. The first kappa shape index (κ1) is 15.9. The number of benzene rings is 1. The molecule has 0 radical (unpaired) electrons. The molecule has 0 fully saturated rings. The van der Waals surface area contributed by atoms with Crippen LogP contribution in [0.25, 0.3) is 10.9 Å². The van der Waals surface area contributed by atoms with Gasteiger partial charge in [-0.1, -0.05) is 18.2 Å². The minimum absolute atomic E-state index is 0.244. The van der Waals surface area contributed by atoms with E-state index in [1.165, 1.54) is 0 Å². The van der Waals surface area contributed by atoms with Gasteiger partial charge in [-0.2, -0.15) is 0 Å². The van der Waals surface area contributed by atoms with Gasteiger partial charge in [-0.05, 0) is 38.0 Å². The molecule has 1 aromatic carbocycles. The molecule has 0 saturated heterocycles. The van der Waals surface area contributed by atoms with Crippen LogP contribution in [0.5, 0.6) is 0 Å². The Morgan fingerprint density at radius 2 is 1.96 bits per heavy atom. The number of furan rings is 1. The fourth-order valence-electron chi connectivity index (χ4n) is 2.70. The van der Waals surface area contributed by atoms with Gasteiger partial charge in [0.2, 0.25) is 5.91 Å². The molecular weight excluding hydrogens is 306 g/mol. The summed E-state index contributed by atoms with van der Waals surface area (Å²) in [5.74, 6) is 0.553. The zero-order valence-electron chi connectivity index (χ0n) is 13.6. The van der Waals surface area contributed by atoms with Gasteiger partial charge in [0.25, 0.3) is 5.91 Å². The van der Waals surface area contributed by atoms with Crippen LogP contribution in [-0.2, 0) is 11.2 Å². The molecule has 124 valence electrons. The lowest BCUT2D eigenvalue weighted by molar-refractivity contribution is -0.121. The Morgan fingerprint density at radius 3 is 2.71 bits per heavy atom. The Hall–Kier alpha value is -3.02. The average molecular weight is 325 g/mol. The number of aromatic nitrogens is 1. The van der Waals surface area contributed by atoms with Crippen molar-refractivity contribution in [3.63, 3.8) is 0 Å². The van der Waals surface area contributed by atoms with E-state index in [1.54, 1.807) is 19.9 Å². The van der Waals surface area contributed by atoms with Crippen LogP contribution in [0, 0.1) is 13.8 Å². The Bertz CT molecular complexity index is 892. The number of aryl methyl sites for hydroxylation is 3. The number of hydrogen-bond acceptors (Lipinski definition) is 3. The number of carbonyl (C=O) groups is 2. The van der Waals surface area contributed by atoms with Gasteiger partial charge in [-0.25, -0.2) is 0 Å². The molecule has 0 atom stereocenters. The molecule has 0 bridgehead atoms. The van der Waals surface area contributed by atoms with Crippen molar-refractivity contribution in [3.8, 4) is 0 Å². The van der Waals surface area contributed by atoms with Crippen LogP contribution in [-0.4, -0.2) is 16.8 Å². The minimum Gasteiger partial charge on any atom is -0.466 e. The number of nitrogens with one attached hydrogen (secondary N) is 3. The predicted octanol–water partition coefficient (Wildman–Crippen LogP) is 2.77. The third kappa shape index (κ3) is 3.32. The molecule has 6 heteroatoms. The van der Waals surface area contributed by atoms with Crippen LogP contribution in [0.15, 0.2) is 40.9 Å². The maximum Gasteiger partial charge on any atom is 0.273 e. The number of para-hydroxylation sites is 1. The number of rotatable bonds is 4. The van der Waals surface area contributed by atoms with Crippen molar-refractivity contribution < 1.29 is 14.0 Å². The van der Waals surface area contributed by atoms with Gasteiger partial charge in [-0.3, -0.25) is 20.4 Å². The Morgan fingerprint density at radius 1 is 1.17 bits per heavy atom. The molecular formula is C18H19N3O3. The highest BCUT2D eigenvalue weighted by molar-refractivity contribution is 5.96. The average Bonchev–Trinajstić information content (AvgIpc) is 3.13. The van der Waals surface area contributed by atoms with Crippen molar-refractivity contribution >= 4 is 22.7 Å². The molecule has 2 heterocycles. The monoisotopic (exact) mass is 325 g/mol. The van der Waals surface area contributed by atoms with Crippen molar-refractivity contribution in [1.82, 2.24) is 15.8 Å². The van der Waals surface area contributed by atoms with E-state index in [-0.39, 0.29) is 18.2 Å². The summed E-state index contributed by atoms with van der Waals surface area (Å²) in [5.41, 5.74) is 7.40. The van der Waals surface area contributed by atoms with E-state index in [0.717, 1.165) is 16.5 Å². The summed E-state index contributed by atoms with van der Waals surface area (Å²) in [4.78, 5) is 27.1. The summed E-state index contributed by atoms with van der Waals surface area (Å²) in [7, 11) is 0. The van der Waals surface area contributed by atoms with Crippen LogP contribution in [0.1, 0.15) is 33.9 Å². The van der Waals surface area contributed by atoms with E-state index in [9.17, 15) is 9.59 Å². The first-order valence-electron chi connectivity index (χ1n) is 7.76. The summed E-state index contributed by atoms with van der Waals surface area (Å²) in [6.07, 6.45) is 2.79. The molecule has 0 aliphatic rings. The molecule has 0 aliphatic heterocycles. The summed E-state index contributed by atoms with van der Waals surface area (Å²) in [5, 5.41) is 1.11. The predicted molar refractivity (Wildman–Crippen MR) is 90.4 cm³/mol. The molecule has 6 nitrogen and oxygen atoms in total. The van der Waals surface area contributed by atoms with Crippen molar-refractivity contribution in [2.45, 2.75) is 26.7 Å². The van der Waals surface area contributed by atoms with Crippen molar-refractivity contribution in [3.05, 3.63) is 59.2 Å². The smallest absolute Gasteiger partial charge is 0.273 e. The molecule has 3 rings (SSSR count). The number of hydrogen-bond donors (Lipinski definition) is 3. The fraction of sp³-hybridized carbons (Fsp3) is 0.222. The lowest BCUT2D eigenvalue weighted by atomic mass is 10.1. The van der Waals surface area contributed by atoms with Gasteiger partial charge in [-0.15, -0.1) is 0 Å². The topological polar surface area (TPSA) is 87.1 Å². The lowest BCUT2D eigenvalue weighted by Crippen LogP contribution is -2.41. The number of amides is 2.